The topological polar surface area (TPSA) is 134 Å². The molecule has 2 atom stereocenters. The second kappa shape index (κ2) is 11.4. The lowest BCUT2D eigenvalue weighted by atomic mass is 9.77. The van der Waals surface area contributed by atoms with Gasteiger partial charge in [-0.1, -0.05) is 24.3 Å². The van der Waals surface area contributed by atoms with E-state index in [2.05, 4.69) is 6.08 Å². The highest BCUT2D eigenvalue weighted by atomic mass is 16.7. The second-order valence-corrected chi connectivity index (χ2v) is 9.35. The highest BCUT2D eigenvalue weighted by molar-refractivity contribution is 6.08. The number of hydrogen-bond acceptors (Lipinski definition) is 9. The van der Waals surface area contributed by atoms with Gasteiger partial charge in [0.25, 0.3) is 5.91 Å². The summed E-state index contributed by atoms with van der Waals surface area (Å²) in [4.78, 5) is 35.9. The Morgan fingerprint density at radius 2 is 1.73 bits per heavy atom. The van der Waals surface area contributed by atoms with E-state index in [1.807, 2.05) is 48.5 Å². The summed E-state index contributed by atoms with van der Waals surface area (Å²) in [5.41, 5.74) is 3.72. The van der Waals surface area contributed by atoms with Gasteiger partial charge in [0.1, 0.15) is 16.4 Å². The molecule has 2 aliphatic rings. The quantitative estimate of drug-likeness (QED) is 0.215. The minimum absolute atomic E-state index is 0.0565. The van der Waals surface area contributed by atoms with Gasteiger partial charge >= 0.3 is 11.9 Å². The van der Waals surface area contributed by atoms with Gasteiger partial charge in [-0.15, -0.1) is 0 Å². The predicted octanol–water partition coefficient (Wildman–Crippen LogP) is 5.19. The number of esters is 1. The molecule has 40 heavy (non-hydrogen) atoms. The van der Waals surface area contributed by atoms with Crippen molar-refractivity contribution in [1.29, 1.82) is 0 Å². The third kappa shape index (κ3) is 5.44. The molecule has 5 rings (SSSR count). The summed E-state index contributed by atoms with van der Waals surface area (Å²) in [5.74, 6) is -1.07. The number of ether oxygens (including phenoxy) is 3. The smallest absolute Gasteiger partial charge is 0.433 e. The number of amides is 1. The van der Waals surface area contributed by atoms with Crippen molar-refractivity contribution >= 4 is 29.5 Å². The molecule has 206 valence electrons. The molecule has 0 radical (unpaired) electrons. The van der Waals surface area contributed by atoms with E-state index < -0.39 is 35.3 Å². The van der Waals surface area contributed by atoms with E-state index in [1.54, 1.807) is 14.2 Å². The number of carbonyl (C=O) groups is 2. The van der Waals surface area contributed by atoms with Crippen LogP contribution in [0.2, 0.25) is 0 Å². The number of fused-ring (bicyclic) bond motifs is 1. The first-order chi connectivity index (χ1) is 19.4. The monoisotopic (exact) mass is 545 g/mol. The van der Waals surface area contributed by atoms with Crippen molar-refractivity contribution in [1.82, 2.24) is 5.01 Å². The molecular formula is C29H27N3O8. The summed E-state index contributed by atoms with van der Waals surface area (Å²) >= 11 is 0. The van der Waals surface area contributed by atoms with Gasteiger partial charge in [0.05, 0.1) is 32.0 Å². The van der Waals surface area contributed by atoms with Gasteiger partial charge < -0.3 is 18.6 Å². The molecule has 2 unspecified atom stereocenters. The van der Waals surface area contributed by atoms with E-state index >= 15 is 0 Å². The first-order valence-corrected chi connectivity index (χ1v) is 12.7. The van der Waals surface area contributed by atoms with E-state index in [4.69, 9.17) is 23.7 Å². The maximum absolute atomic E-state index is 13.4. The first kappa shape index (κ1) is 26.7. The number of methoxy groups -OCH3 is 2. The van der Waals surface area contributed by atoms with Gasteiger partial charge in [-0.3, -0.25) is 14.9 Å². The van der Waals surface area contributed by atoms with E-state index in [0.717, 1.165) is 59.6 Å². The summed E-state index contributed by atoms with van der Waals surface area (Å²) in [6.07, 6.45) is 4.64. The Labute approximate surface area is 229 Å². The molecule has 1 fully saturated rings. The van der Waals surface area contributed by atoms with Gasteiger partial charge in [-0.25, -0.2) is 9.80 Å². The van der Waals surface area contributed by atoms with Crippen molar-refractivity contribution in [3.8, 4) is 11.5 Å². The summed E-state index contributed by atoms with van der Waals surface area (Å²) in [5, 5.41) is 17.0. The second-order valence-electron chi connectivity index (χ2n) is 9.35. The SMILES string of the molecule is COc1ccc(C=C2CCCC3C2=NN(C(=O)COC(=O)c2ccc([N+](=O)[O-])o2)C3c2ccc(OC)cc2)cc1. The minimum Gasteiger partial charge on any atom is -0.497 e. The summed E-state index contributed by atoms with van der Waals surface area (Å²) < 4.78 is 20.6. The number of hydrazone groups is 1. The number of hydrogen-bond donors (Lipinski definition) is 0. The van der Waals surface area contributed by atoms with E-state index in [-0.39, 0.29) is 11.7 Å². The third-order valence-electron chi connectivity index (χ3n) is 6.97. The molecule has 11 nitrogen and oxygen atoms in total. The van der Waals surface area contributed by atoms with E-state index in [1.165, 1.54) is 5.01 Å². The van der Waals surface area contributed by atoms with E-state index in [0.29, 0.717) is 5.75 Å². The van der Waals surface area contributed by atoms with Crippen LogP contribution >= 0.6 is 0 Å². The van der Waals surface area contributed by atoms with Crippen LogP contribution in [0.4, 0.5) is 5.88 Å². The zero-order valence-electron chi connectivity index (χ0n) is 21.9. The molecule has 1 aliphatic heterocycles. The summed E-state index contributed by atoms with van der Waals surface area (Å²) in [6.45, 7) is -0.610. The average molecular weight is 546 g/mol. The number of carbonyl (C=O) groups excluding carboxylic acids is 2. The number of rotatable bonds is 8. The molecular weight excluding hydrogens is 518 g/mol. The lowest BCUT2D eigenvalue weighted by Gasteiger charge is -2.29. The van der Waals surface area contributed by atoms with Crippen molar-refractivity contribution in [2.75, 3.05) is 20.8 Å². The Bertz CT molecular complexity index is 1470. The van der Waals surface area contributed by atoms with Gasteiger partial charge in [0.15, 0.2) is 6.61 Å². The first-order valence-electron chi connectivity index (χ1n) is 12.7. The molecule has 1 aromatic heterocycles. The van der Waals surface area contributed by atoms with Crippen molar-refractivity contribution in [2.45, 2.75) is 25.3 Å². The van der Waals surface area contributed by atoms with Gasteiger partial charge in [-0.05, 0) is 72.4 Å². The number of benzene rings is 2. The van der Waals surface area contributed by atoms with Crippen LogP contribution in [0.25, 0.3) is 6.08 Å². The minimum atomic E-state index is -0.980. The normalized spacial score (nSPS) is 19.1. The average Bonchev–Trinajstić information content (AvgIpc) is 3.63. The molecule has 0 bridgehead atoms. The van der Waals surface area contributed by atoms with Crippen LogP contribution < -0.4 is 9.47 Å². The van der Waals surface area contributed by atoms with Crippen LogP contribution in [0.15, 0.2) is 75.8 Å². The van der Waals surface area contributed by atoms with Crippen molar-refractivity contribution in [3.63, 3.8) is 0 Å². The van der Waals surface area contributed by atoms with E-state index in [9.17, 15) is 19.7 Å². The Morgan fingerprint density at radius 3 is 2.35 bits per heavy atom. The maximum atomic E-state index is 13.4. The molecule has 3 aromatic rings. The van der Waals surface area contributed by atoms with Crippen LogP contribution in [-0.4, -0.2) is 48.3 Å². The summed E-state index contributed by atoms with van der Waals surface area (Å²) in [6, 6.07) is 16.9. The Kier molecular flexibility index (Phi) is 7.63. The van der Waals surface area contributed by atoms with Gasteiger partial charge in [-0.2, -0.15) is 5.10 Å². The summed E-state index contributed by atoms with van der Waals surface area (Å²) in [7, 11) is 3.20. The number of nitro groups is 1. The van der Waals surface area contributed by atoms with Gasteiger partial charge in [0.2, 0.25) is 5.76 Å². The molecule has 2 aromatic carbocycles. The highest BCUT2D eigenvalue weighted by Gasteiger charge is 2.44. The molecule has 0 spiro atoms. The standard InChI is InChI=1S/C29H27N3O8/c1-37-21-10-6-18(7-11-21)16-20-4-3-5-23-27(20)30-31(28(23)19-8-12-22(38-2)13-9-19)25(33)17-39-29(34)24-14-15-26(40-24)32(35)36/h6-16,23,28H,3-5,17H2,1-2H3. The fourth-order valence-corrected chi connectivity index (χ4v) is 5.04. The molecule has 0 saturated heterocycles. The Hall–Kier alpha value is -4.93. The molecule has 0 N–H and O–H groups in total. The fourth-order valence-electron chi connectivity index (χ4n) is 5.04. The van der Waals surface area contributed by atoms with Crippen molar-refractivity contribution in [2.24, 2.45) is 11.0 Å². The van der Waals surface area contributed by atoms with Crippen LogP contribution in [0.1, 0.15) is 47.0 Å². The number of allylic oxidation sites excluding steroid dienone is 1. The Balaban J connectivity index is 1.42. The van der Waals surface area contributed by atoms with Gasteiger partial charge in [0, 0.05) is 5.92 Å². The molecule has 1 saturated carbocycles. The lowest BCUT2D eigenvalue weighted by Crippen LogP contribution is -2.34. The Morgan fingerprint density at radius 1 is 1.05 bits per heavy atom. The van der Waals surface area contributed by atoms with Crippen LogP contribution in [0, 0.1) is 16.0 Å². The van der Waals surface area contributed by atoms with Crippen LogP contribution in [-0.2, 0) is 9.53 Å². The maximum Gasteiger partial charge on any atom is 0.433 e. The largest absolute Gasteiger partial charge is 0.497 e. The molecule has 1 amide bonds. The fraction of sp³-hybridized carbons (Fsp3) is 0.276. The molecule has 11 heteroatoms. The predicted molar refractivity (Wildman–Crippen MR) is 144 cm³/mol. The highest BCUT2D eigenvalue weighted by Crippen LogP contribution is 2.44. The lowest BCUT2D eigenvalue weighted by molar-refractivity contribution is -0.402. The third-order valence-corrected chi connectivity index (χ3v) is 6.97. The van der Waals surface area contributed by atoms with Crippen molar-refractivity contribution in [3.05, 3.63) is 93.2 Å². The van der Waals surface area contributed by atoms with Crippen molar-refractivity contribution < 1.29 is 33.1 Å². The number of nitrogens with zero attached hydrogens (tertiary/aromatic N) is 3. The molecule has 2 heterocycles. The van der Waals surface area contributed by atoms with Crippen LogP contribution in [0.3, 0.4) is 0 Å². The number of furan rings is 1. The zero-order chi connectivity index (χ0) is 28.2. The zero-order valence-corrected chi connectivity index (χ0v) is 21.9. The van der Waals surface area contributed by atoms with Crippen LogP contribution in [0.5, 0.6) is 11.5 Å². The molecule has 1 aliphatic carbocycles.